The number of thioether (sulfide) groups is 1. The van der Waals surface area contributed by atoms with Gasteiger partial charge in [0.2, 0.25) is 11.8 Å². The minimum Gasteiger partial charge on any atom is -0.310 e. The van der Waals surface area contributed by atoms with Crippen molar-refractivity contribution in [2.45, 2.75) is 31.6 Å². The Morgan fingerprint density at radius 1 is 1.22 bits per heavy atom. The number of hydrogen-bond acceptors (Lipinski definition) is 5. The van der Waals surface area contributed by atoms with Crippen LogP contribution < -0.4 is 15.8 Å². The maximum absolute atomic E-state index is 12.2. The van der Waals surface area contributed by atoms with E-state index < -0.39 is 0 Å². The fourth-order valence-electron chi connectivity index (χ4n) is 2.85. The zero-order valence-electron chi connectivity index (χ0n) is 15.2. The maximum atomic E-state index is 12.2. The molecular formula is C19H21N3O3S2. The van der Waals surface area contributed by atoms with E-state index in [4.69, 9.17) is 0 Å². The molecule has 27 heavy (non-hydrogen) atoms. The minimum atomic E-state index is -0.337. The van der Waals surface area contributed by atoms with E-state index in [-0.39, 0.29) is 30.7 Å². The molecule has 0 radical (unpaired) electrons. The summed E-state index contributed by atoms with van der Waals surface area (Å²) >= 11 is 2.93. The summed E-state index contributed by atoms with van der Waals surface area (Å²) in [6, 6.07) is 9.47. The number of hydrogen-bond donors (Lipinski definition) is 2. The first-order valence-corrected chi connectivity index (χ1v) is 10.5. The lowest BCUT2D eigenvalue weighted by Gasteiger charge is -2.28. The van der Waals surface area contributed by atoms with Gasteiger partial charge in [0.1, 0.15) is 0 Å². The van der Waals surface area contributed by atoms with E-state index >= 15 is 0 Å². The average molecular weight is 404 g/mol. The van der Waals surface area contributed by atoms with Crippen LogP contribution in [0.2, 0.25) is 0 Å². The van der Waals surface area contributed by atoms with Gasteiger partial charge in [-0.1, -0.05) is 19.1 Å². The lowest BCUT2D eigenvalue weighted by molar-refractivity contribution is -0.121. The quantitative estimate of drug-likeness (QED) is 0.753. The van der Waals surface area contributed by atoms with Crippen LogP contribution in [0.4, 0.5) is 5.69 Å². The summed E-state index contributed by atoms with van der Waals surface area (Å²) in [4.78, 5) is 40.9. The first kappa shape index (κ1) is 19.4. The fourth-order valence-corrected chi connectivity index (χ4v) is 4.79. The second-order valence-corrected chi connectivity index (χ2v) is 8.28. The molecule has 0 unspecified atom stereocenters. The summed E-state index contributed by atoms with van der Waals surface area (Å²) in [5.74, 6) is -0.313. The third kappa shape index (κ3) is 4.51. The highest BCUT2D eigenvalue weighted by molar-refractivity contribution is 8.00. The molecule has 3 rings (SSSR count). The van der Waals surface area contributed by atoms with Crippen molar-refractivity contribution in [2.24, 2.45) is 0 Å². The number of amides is 3. The molecular weight excluding hydrogens is 382 g/mol. The Labute approximate surface area is 166 Å². The Kier molecular flexibility index (Phi) is 6.18. The third-order valence-electron chi connectivity index (χ3n) is 4.25. The molecule has 142 valence electrons. The minimum absolute atomic E-state index is 0.0170. The zero-order valence-corrected chi connectivity index (χ0v) is 16.8. The van der Waals surface area contributed by atoms with Gasteiger partial charge in [0.15, 0.2) is 0 Å². The third-order valence-corrected chi connectivity index (χ3v) is 6.68. The molecule has 0 atom stereocenters. The van der Waals surface area contributed by atoms with Gasteiger partial charge < -0.3 is 4.90 Å². The highest BCUT2D eigenvalue weighted by Gasteiger charge is 2.24. The Morgan fingerprint density at radius 3 is 2.74 bits per heavy atom. The summed E-state index contributed by atoms with van der Waals surface area (Å²) in [5, 5.41) is 0. The van der Waals surface area contributed by atoms with Crippen LogP contribution in [0.3, 0.4) is 0 Å². The van der Waals surface area contributed by atoms with Crippen molar-refractivity contribution in [1.29, 1.82) is 0 Å². The molecule has 0 aliphatic carbocycles. The number of carbonyl (C=O) groups is 3. The number of para-hydroxylation sites is 1. The largest absolute Gasteiger partial charge is 0.310 e. The number of carbonyl (C=O) groups excluding carboxylic acids is 3. The lowest BCUT2D eigenvalue weighted by atomic mass is 10.2. The van der Waals surface area contributed by atoms with Crippen LogP contribution in [0.5, 0.6) is 0 Å². The molecule has 1 aliphatic rings. The van der Waals surface area contributed by atoms with E-state index in [9.17, 15) is 14.4 Å². The number of hydrazine groups is 1. The van der Waals surface area contributed by atoms with E-state index in [1.54, 1.807) is 4.90 Å². The summed E-state index contributed by atoms with van der Waals surface area (Å²) in [7, 11) is 0. The van der Waals surface area contributed by atoms with E-state index in [1.807, 2.05) is 44.2 Å². The Morgan fingerprint density at radius 2 is 2.00 bits per heavy atom. The highest BCUT2D eigenvalue weighted by atomic mass is 32.2. The van der Waals surface area contributed by atoms with Crippen molar-refractivity contribution in [1.82, 2.24) is 10.9 Å². The van der Waals surface area contributed by atoms with Gasteiger partial charge in [0.25, 0.3) is 5.91 Å². The van der Waals surface area contributed by atoms with Gasteiger partial charge in [0, 0.05) is 22.7 Å². The second kappa shape index (κ2) is 8.58. The molecule has 0 saturated carbocycles. The van der Waals surface area contributed by atoms with Gasteiger partial charge in [-0.3, -0.25) is 25.2 Å². The number of rotatable bonds is 5. The molecule has 2 heterocycles. The van der Waals surface area contributed by atoms with Gasteiger partial charge in [0.05, 0.1) is 16.3 Å². The SMILES string of the molecule is CCc1sc(C(=O)NNC(=O)CCN2C(=O)CSc3ccccc32)cc1C. The van der Waals surface area contributed by atoms with Gasteiger partial charge in [-0.25, -0.2) is 0 Å². The molecule has 2 N–H and O–H groups in total. The van der Waals surface area contributed by atoms with Crippen molar-refractivity contribution >= 4 is 46.5 Å². The summed E-state index contributed by atoms with van der Waals surface area (Å²) in [6.45, 7) is 4.29. The number of fused-ring (bicyclic) bond motifs is 1. The predicted octanol–water partition coefficient (Wildman–Crippen LogP) is 2.91. The zero-order chi connectivity index (χ0) is 19.4. The molecule has 6 nitrogen and oxygen atoms in total. The van der Waals surface area contributed by atoms with Gasteiger partial charge in [-0.15, -0.1) is 23.1 Å². The van der Waals surface area contributed by atoms with Crippen molar-refractivity contribution in [3.63, 3.8) is 0 Å². The highest BCUT2D eigenvalue weighted by Crippen LogP contribution is 2.34. The van der Waals surface area contributed by atoms with Crippen LogP contribution in [0.1, 0.15) is 33.5 Å². The van der Waals surface area contributed by atoms with Gasteiger partial charge in [-0.05, 0) is 37.1 Å². The van der Waals surface area contributed by atoms with Crippen LogP contribution in [-0.2, 0) is 16.0 Å². The Balaban J connectivity index is 1.52. The number of benzene rings is 1. The molecule has 2 aromatic rings. The van der Waals surface area contributed by atoms with Crippen molar-refractivity contribution < 1.29 is 14.4 Å². The standard InChI is InChI=1S/C19H21N3O3S2/c1-3-14-12(2)10-16(27-14)19(25)21-20-17(23)8-9-22-13-6-4-5-7-15(13)26-11-18(22)24/h4-7,10H,3,8-9,11H2,1-2H3,(H,20,23)(H,21,25). The molecule has 0 bridgehead atoms. The Hall–Kier alpha value is -2.32. The number of anilines is 1. The molecule has 0 saturated heterocycles. The van der Waals surface area contributed by atoms with Crippen molar-refractivity contribution in [3.05, 3.63) is 45.6 Å². The summed E-state index contributed by atoms with van der Waals surface area (Å²) in [6.07, 6.45) is 0.981. The van der Waals surface area contributed by atoms with E-state index in [0.717, 1.165) is 27.4 Å². The van der Waals surface area contributed by atoms with Gasteiger partial charge >= 0.3 is 0 Å². The topological polar surface area (TPSA) is 78.5 Å². The summed E-state index contributed by atoms with van der Waals surface area (Å²) in [5.41, 5.74) is 6.79. The first-order chi connectivity index (χ1) is 13.0. The maximum Gasteiger partial charge on any atom is 0.279 e. The molecule has 1 aromatic carbocycles. The number of nitrogens with one attached hydrogen (secondary N) is 2. The molecule has 1 aliphatic heterocycles. The van der Waals surface area contributed by atoms with Crippen LogP contribution in [0, 0.1) is 6.92 Å². The second-order valence-electron chi connectivity index (χ2n) is 6.12. The number of thiophene rings is 1. The number of aryl methyl sites for hydroxylation is 2. The van der Waals surface area contributed by atoms with Gasteiger partial charge in [-0.2, -0.15) is 0 Å². The lowest BCUT2D eigenvalue weighted by Crippen LogP contribution is -2.44. The van der Waals surface area contributed by atoms with Crippen LogP contribution in [0.25, 0.3) is 0 Å². The monoisotopic (exact) mass is 403 g/mol. The Bertz CT molecular complexity index is 879. The molecule has 0 fully saturated rings. The van der Waals surface area contributed by atoms with Crippen molar-refractivity contribution in [3.8, 4) is 0 Å². The normalized spacial score (nSPS) is 13.3. The first-order valence-electron chi connectivity index (χ1n) is 8.70. The fraction of sp³-hybridized carbons (Fsp3) is 0.316. The van der Waals surface area contributed by atoms with Crippen LogP contribution in [-0.4, -0.2) is 30.0 Å². The molecule has 0 spiro atoms. The molecule has 1 aromatic heterocycles. The predicted molar refractivity (Wildman–Crippen MR) is 108 cm³/mol. The van der Waals surface area contributed by atoms with E-state index in [0.29, 0.717) is 10.6 Å². The van der Waals surface area contributed by atoms with Crippen LogP contribution in [0.15, 0.2) is 35.2 Å². The smallest absolute Gasteiger partial charge is 0.279 e. The van der Waals surface area contributed by atoms with Crippen LogP contribution >= 0.6 is 23.1 Å². The number of nitrogens with zero attached hydrogens (tertiary/aromatic N) is 1. The van der Waals surface area contributed by atoms with Crippen molar-refractivity contribution in [2.75, 3.05) is 17.2 Å². The van der Waals surface area contributed by atoms with E-state index in [2.05, 4.69) is 10.9 Å². The van der Waals surface area contributed by atoms with E-state index in [1.165, 1.54) is 23.1 Å². The average Bonchev–Trinajstić information content (AvgIpc) is 3.06. The molecule has 8 heteroatoms. The summed E-state index contributed by atoms with van der Waals surface area (Å²) < 4.78 is 0. The molecule has 3 amide bonds.